The molecular weight excluding hydrogens is 390 g/mol. The van der Waals surface area contributed by atoms with Gasteiger partial charge in [-0.15, -0.1) is 11.3 Å². The van der Waals surface area contributed by atoms with E-state index in [1.807, 2.05) is 36.9 Å². The smallest absolute Gasteiger partial charge is 0.252 e. The number of rotatable bonds is 4. The van der Waals surface area contributed by atoms with Crippen LogP contribution in [-0.2, 0) is 16.4 Å². The topological polar surface area (TPSA) is 55.8 Å². The summed E-state index contributed by atoms with van der Waals surface area (Å²) in [5.41, 5.74) is 1.17. The van der Waals surface area contributed by atoms with E-state index in [-0.39, 0.29) is 12.0 Å². The van der Waals surface area contributed by atoms with Crippen molar-refractivity contribution in [3.8, 4) is 11.5 Å². The molecule has 2 aliphatic rings. The van der Waals surface area contributed by atoms with Gasteiger partial charge in [0.15, 0.2) is 11.5 Å². The molecule has 1 fully saturated rings. The summed E-state index contributed by atoms with van der Waals surface area (Å²) in [7, 11) is -3.40. The van der Waals surface area contributed by atoms with E-state index in [0.29, 0.717) is 17.3 Å². The third-order valence-corrected chi connectivity index (χ3v) is 9.57. The van der Waals surface area contributed by atoms with Crippen LogP contribution < -0.4 is 9.47 Å². The molecule has 0 aliphatic carbocycles. The van der Waals surface area contributed by atoms with Gasteiger partial charge in [0.25, 0.3) is 10.0 Å². The second kappa shape index (κ2) is 7.42. The second-order valence-electron chi connectivity index (χ2n) is 6.24. The van der Waals surface area contributed by atoms with Gasteiger partial charge in [-0.3, -0.25) is 0 Å². The molecule has 0 N–H and O–H groups in total. The molecule has 140 valence electrons. The summed E-state index contributed by atoms with van der Waals surface area (Å²) >= 11 is 3.19. The zero-order chi connectivity index (χ0) is 18.1. The molecule has 5 nitrogen and oxygen atoms in total. The first-order valence-corrected chi connectivity index (χ1v) is 12.0. The fourth-order valence-electron chi connectivity index (χ4n) is 3.18. The van der Waals surface area contributed by atoms with Crippen molar-refractivity contribution in [3.63, 3.8) is 0 Å². The number of hydrogen-bond donors (Lipinski definition) is 0. The fourth-order valence-corrected chi connectivity index (χ4v) is 7.43. The van der Waals surface area contributed by atoms with Gasteiger partial charge >= 0.3 is 0 Å². The lowest BCUT2D eigenvalue weighted by molar-refractivity contribution is 0.174. The summed E-state index contributed by atoms with van der Waals surface area (Å²) in [6.45, 7) is 3.39. The molecule has 0 spiro atoms. The number of aryl methyl sites for hydroxylation is 1. The van der Waals surface area contributed by atoms with Gasteiger partial charge in [-0.25, -0.2) is 8.42 Å². The van der Waals surface area contributed by atoms with E-state index in [0.717, 1.165) is 35.0 Å². The summed E-state index contributed by atoms with van der Waals surface area (Å²) in [6, 6.07) is 9.68. The van der Waals surface area contributed by atoms with Crippen LogP contribution in [-0.4, -0.2) is 38.4 Å². The van der Waals surface area contributed by atoms with Crippen LogP contribution in [0.3, 0.4) is 0 Å². The zero-order valence-electron chi connectivity index (χ0n) is 14.5. The van der Waals surface area contributed by atoms with Crippen LogP contribution in [0.5, 0.6) is 11.5 Å². The summed E-state index contributed by atoms with van der Waals surface area (Å²) in [6.07, 6.45) is 1.65. The van der Waals surface area contributed by atoms with Crippen LogP contribution in [0.15, 0.2) is 34.5 Å². The van der Waals surface area contributed by atoms with Gasteiger partial charge in [0, 0.05) is 29.0 Å². The summed E-state index contributed by atoms with van der Waals surface area (Å²) in [5, 5.41) is 0.263. The van der Waals surface area contributed by atoms with E-state index in [2.05, 4.69) is 6.07 Å². The molecule has 3 heterocycles. The van der Waals surface area contributed by atoms with Crippen molar-refractivity contribution in [2.24, 2.45) is 0 Å². The Morgan fingerprint density at radius 1 is 1.15 bits per heavy atom. The van der Waals surface area contributed by atoms with Gasteiger partial charge in [-0.2, -0.15) is 16.1 Å². The van der Waals surface area contributed by atoms with E-state index in [9.17, 15) is 8.42 Å². The van der Waals surface area contributed by atoms with Crippen molar-refractivity contribution < 1.29 is 17.9 Å². The van der Waals surface area contributed by atoms with Crippen LogP contribution in [0.2, 0.25) is 0 Å². The molecule has 1 saturated heterocycles. The Hall–Kier alpha value is -1.22. The van der Waals surface area contributed by atoms with Crippen molar-refractivity contribution in [2.75, 3.05) is 25.6 Å². The molecular formula is C18H21NO4S3. The number of fused-ring (bicyclic) bond motifs is 1. The van der Waals surface area contributed by atoms with Crippen LogP contribution in [0.25, 0.3) is 0 Å². The van der Waals surface area contributed by atoms with Gasteiger partial charge in [-0.1, -0.05) is 13.0 Å². The van der Waals surface area contributed by atoms with Gasteiger partial charge < -0.3 is 9.47 Å². The molecule has 0 amide bonds. The van der Waals surface area contributed by atoms with Crippen molar-refractivity contribution >= 4 is 33.1 Å². The predicted octanol–water partition coefficient (Wildman–Crippen LogP) is 3.91. The number of thioether (sulfide) groups is 1. The van der Waals surface area contributed by atoms with Crippen LogP contribution in [0.1, 0.15) is 29.0 Å². The molecule has 2 aliphatic heterocycles. The van der Waals surface area contributed by atoms with Gasteiger partial charge in [0.2, 0.25) is 6.79 Å². The van der Waals surface area contributed by atoms with Crippen LogP contribution in [0.4, 0.5) is 0 Å². The van der Waals surface area contributed by atoms with E-state index >= 15 is 0 Å². The number of hydrogen-bond acceptors (Lipinski definition) is 6. The van der Waals surface area contributed by atoms with E-state index < -0.39 is 10.0 Å². The molecule has 0 saturated carbocycles. The Labute approximate surface area is 162 Å². The second-order valence-corrected chi connectivity index (χ2v) is 10.9. The normalized spacial score (nSPS) is 20.9. The highest BCUT2D eigenvalue weighted by atomic mass is 32.2. The third kappa shape index (κ3) is 3.47. The minimum atomic E-state index is -3.40. The SMILES string of the molecule is CCc1ccc(S(=O)(=O)N2CCSC(c3ccc4c(c3)OCO4)CC2)s1. The standard InChI is InChI=1S/C18H21NO4S3/c1-2-14-4-6-18(25-14)26(20,21)19-8-7-17(24-10-9-19)13-3-5-15-16(11-13)23-12-22-15/h3-6,11,17H,2,7-10,12H2,1H3. The highest BCUT2D eigenvalue weighted by Crippen LogP contribution is 2.41. The first kappa shape index (κ1) is 18.2. The highest BCUT2D eigenvalue weighted by molar-refractivity contribution is 7.99. The molecule has 1 atom stereocenters. The summed E-state index contributed by atoms with van der Waals surface area (Å²) < 4.78 is 38.9. The maximum absolute atomic E-state index is 13.0. The lowest BCUT2D eigenvalue weighted by Gasteiger charge is -2.19. The lowest BCUT2D eigenvalue weighted by Crippen LogP contribution is -2.32. The fraction of sp³-hybridized carbons (Fsp3) is 0.444. The van der Waals surface area contributed by atoms with Crippen molar-refractivity contribution in [3.05, 3.63) is 40.8 Å². The molecule has 2 aromatic rings. The minimum absolute atomic E-state index is 0.263. The quantitative estimate of drug-likeness (QED) is 0.764. The predicted molar refractivity (Wildman–Crippen MR) is 105 cm³/mol. The average Bonchev–Trinajstić information content (AvgIpc) is 3.25. The molecule has 0 bridgehead atoms. The minimum Gasteiger partial charge on any atom is -0.454 e. The Bertz CT molecular complexity index is 894. The largest absolute Gasteiger partial charge is 0.454 e. The van der Waals surface area contributed by atoms with E-state index in [4.69, 9.17) is 9.47 Å². The Morgan fingerprint density at radius 3 is 2.81 bits per heavy atom. The number of nitrogens with zero attached hydrogens (tertiary/aromatic N) is 1. The van der Waals surface area contributed by atoms with E-state index in [1.165, 1.54) is 16.9 Å². The molecule has 1 aromatic carbocycles. The molecule has 8 heteroatoms. The maximum Gasteiger partial charge on any atom is 0.252 e. The maximum atomic E-state index is 13.0. The Balaban J connectivity index is 1.49. The Morgan fingerprint density at radius 2 is 2.00 bits per heavy atom. The Kier molecular flexibility index (Phi) is 5.18. The zero-order valence-corrected chi connectivity index (χ0v) is 17.0. The molecule has 4 rings (SSSR count). The number of benzene rings is 1. The first-order valence-electron chi connectivity index (χ1n) is 8.68. The third-order valence-electron chi connectivity index (χ3n) is 4.65. The summed E-state index contributed by atoms with van der Waals surface area (Å²) in [4.78, 5) is 1.10. The van der Waals surface area contributed by atoms with Crippen molar-refractivity contribution in [2.45, 2.75) is 29.2 Å². The van der Waals surface area contributed by atoms with Crippen molar-refractivity contribution in [1.82, 2.24) is 4.31 Å². The molecule has 0 radical (unpaired) electrons. The lowest BCUT2D eigenvalue weighted by atomic mass is 10.1. The first-order chi connectivity index (χ1) is 12.6. The number of sulfonamides is 1. The average molecular weight is 412 g/mol. The number of ether oxygens (including phenoxy) is 2. The molecule has 1 unspecified atom stereocenters. The number of thiophene rings is 1. The van der Waals surface area contributed by atoms with Crippen LogP contribution >= 0.6 is 23.1 Å². The van der Waals surface area contributed by atoms with E-state index in [1.54, 1.807) is 10.4 Å². The molecule has 26 heavy (non-hydrogen) atoms. The van der Waals surface area contributed by atoms with Gasteiger partial charge in [-0.05, 0) is 42.7 Å². The monoisotopic (exact) mass is 411 g/mol. The molecule has 1 aromatic heterocycles. The van der Waals surface area contributed by atoms with Gasteiger partial charge in [0.1, 0.15) is 4.21 Å². The van der Waals surface area contributed by atoms with Crippen LogP contribution in [0, 0.1) is 0 Å². The van der Waals surface area contributed by atoms with Gasteiger partial charge in [0.05, 0.1) is 0 Å². The highest BCUT2D eigenvalue weighted by Gasteiger charge is 2.30. The van der Waals surface area contributed by atoms with Crippen molar-refractivity contribution in [1.29, 1.82) is 0 Å². The summed E-state index contributed by atoms with van der Waals surface area (Å²) in [5.74, 6) is 2.34.